The molecule has 146 valence electrons. The van der Waals surface area contributed by atoms with Crippen LogP contribution in [0.4, 0.5) is 17.1 Å². The Hall–Kier alpha value is -4.61. The number of H-pyrrole nitrogens is 1. The van der Waals surface area contributed by atoms with Crippen LogP contribution in [0.2, 0.25) is 0 Å². The number of nitro benzene ring substituents is 1. The molecule has 0 radical (unpaired) electrons. The lowest BCUT2D eigenvalue weighted by Crippen LogP contribution is -2.22. The van der Waals surface area contributed by atoms with Crippen molar-refractivity contribution in [2.24, 2.45) is 10.2 Å². The van der Waals surface area contributed by atoms with Gasteiger partial charge in [0.1, 0.15) is 0 Å². The van der Waals surface area contributed by atoms with Gasteiger partial charge in [-0.3, -0.25) is 19.7 Å². The zero-order chi connectivity index (χ0) is 21.1. The molecule has 0 saturated heterocycles. The summed E-state index contributed by atoms with van der Waals surface area (Å²) in [7, 11) is 0. The van der Waals surface area contributed by atoms with E-state index in [1.54, 1.807) is 0 Å². The van der Waals surface area contributed by atoms with E-state index in [1.807, 2.05) is 0 Å². The van der Waals surface area contributed by atoms with Gasteiger partial charge in [0, 0.05) is 17.5 Å². The van der Waals surface area contributed by atoms with E-state index >= 15 is 0 Å². The third-order valence-corrected chi connectivity index (χ3v) is 3.79. The lowest BCUT2D eigenvalue weighted by Gasteiger charge is -2.05. The normalized spacial score (nSPS) is 10.9. The number of carboxylic acid groups (broad SMARTS) is 1. The second kappa shape index (κ2) is 7.56. The van der Waals surface area contributed by atoms with Crippen LogP contribution in [0.15, 0.2) is 52.7 Å². The molecule has 29 heavy (non-hydrogen) atoms. The van der Waals surface area contributed by atoms with Crippen molar-refractivity contribution < 1.29 is 29.5 Å². The van der Waals surface area contributed by atoms with E-state index in [9.17, 15) is 29.6 Å². The number of fused-ring (bicyclic) bond motifs is 1. The van der Waals surface area contributed by atoms with E-state index < -0.39 is 28.6 Å². The van der Waals surface area contributed by atoms with Crippen LogP contribution in [0.3, 0.4) is 0 Å². The van der Waals surface area contributed by atoms with Crippen molar-refractivity contribution in [2.45, 2.75) is 0 Å². The van der Waals surface area contributed by atoms with Gasteiger partial charge in [-0.25, -0.2) is 4.79 Å². The second-order valence-corrected chi connectivity index (χ2v) is 5.62. The number of carboxylic acids is 1. The summed E-state index contributed by atoms with van der Waals surface area (Å²) in [4.78, 5) is 47.8. The molecule has 0 atom stereocenters. The molecule has 0 aliphatic rings. The molecular weight excluding hydrogens is 386 g/mol. The number of anilines is 1. The lowest BCUT2D eigenvalue weighted by molar-refractivity contribution is -0.384. The van der Waals surface area contributed by atoms with Crippen molar-refractivity contribution in [2.75, 3.05) is 5.32 Å². The fraction of sp³-hybridized carbons (Fsp3) is 0. The Morgan fingerprint density at radius 2 is 1.86 bits per heavy atom. The molecule has 1 heterocycles. The van der Waals surface area contributed by atoms with Gasteiger partial charge in [0.05, 0.1) is 21.7 Å². The van der Waals surface area contributed by atoms with Crippen molar-refractivity contribution in [1.29, 1.82) is 0 Å². The summed E-state index contributed by atoms with van der Waals surface area (Å²) in [5.74, 6) is -4.44. The SMILES string of the molecule is O=C(N=Nc1c(O)[nH]c2ccc([N+](=O)[O-])cc12)C(=O)Nc1ccccc1C(=O)O. The first-order valence-electron chi connectivity index (χ1n) is 7.86. The Bertz CT molecular complexity index is 1200. The van der Waals surface area contributed by atoms with Crippen LogP contribution in [0.1, 0.15) is 10.4 Å². The number of hydrogen-bond acceptors (Lipinski definition) is 7. The van der Waals surface area contributed by atoms with E-state index in [-0.39, 0.29) is 28.0 Å². The molecule has 0 unspecified atom stereocenters. The molecule has 2 amide bonds. The van der Waals surface area contributed by atoms with E-state index in [2.05, 4.69) is 20.5 Å². The summed E-state index contributed by atoms with van der Waals surface area (Å²) in [6.07, 6.45) is 0. The number of para-hydroxylation sites is 1. The van der Waals surface area contributed by atoms with Gasteiger partial charge in [0.25, 0.3) is 5.69 Å². The largest absolute Gasteiger partial charge is 0.493 e. The van der Waals surface area contributed by atoms with Gasteiger partial charge in [-0.1, -0.05) is 12.1 Å². The molecule has 4 N–H and O–H groups in total. The number of nitrogens with one attached hydrogen (secondary N) is 2. The van der Waals surface area contributed by atoms with Gasteiger partial charge >= 0.3 is 17.8 Å². The van der Waals surface area contributed by atoms with E-state index in [0.29, 0.717) is 5.52 Å². The summed E-state index contributed by atoms with van der Waals surface area (Å²) in [5.41, 5.74) is -0.585. The number of amides is 2. The molecule has 0 aliphatic heterocycles. The average Bonchev–Trinajstić information content (AvgIpc) is 3.00. The molecule has 3 rings (SSSR count). The Morgan fingerprint density at radius 1 is 1.14 bits per heavy atom. The minimum atomic E-state index is -1.37. The van der Waals surface area contributed by atoms with E-state index in [1.165, 1.54) is 36.4 Å². The number of benzene rings is 2. The molecule has 0 aliphatic carbocycles. The third-order valence-electron chi connectivity index (χ3n) is 3.79. The number of hydrogen-bond donors (Lipinski definition) is 4. The van der Waals surface area contributed by atoms with Crippen LogP contribution in [-0.2, 0) is 9.59 Å². The standard InChI is InChI=1S/C17H11N5O7/c23-14-13(10-7-8(22(28)29)5-6-12(10)18-14)20-21-16(25)15(24)19-11-4-2-1-3-9(11)17(26)27/h1-7,18,23H,(H,19,24)(H,26,27). The number of carbonyl (C=O) groups excluding carboxylic acids is 2. The van der Waals surface area contributed by atoms with Gasteiger partial charge < -0.3 is 20.5 Å². The fourth-order valence-corrected chi connectivity index (χ4v) is 2.46. The highest BCUT2D eigenvalue weighted by molar-refractivity contribution is 6.40. The molecule has 12 nitrogen and oxygen atoms in total. The van der Waals surface area contributed by atoms with Gasteiger partial charge in [-0.15, -0.1) is 10.2 Å². The van der Waals surface area contributed by atoms with Crippen molar-refractivity contribution in [3.05, 3.63) is 58.1 Å². The maximum Gasteiger partial charge on any atom is 0.353 e. The van der Waals surface area contributed by atoms with Gasteiger partial charge in [-0.05, 0) is 18.2 Å². The number of carbonyl (C=O) groups is 3. The highest BCUT2D eigenvalue weighted by Gasteiger charge is 2.19. The molecule has 0 spiro atoms. The Morgan fingerprint density at radius 3 is 2.55 bits per heavy atom. The minimum absolute atomic E-state index is 0.112. The summed E-state index contributed by atoms with van der Waals surface area (Å²) in [6, 6.07) is 9.09. The molecule has 1 aromatic heterocycles. The first kappa shape index (κ1) is 19.2. The second-order valence-electron chi connectivity index (χ2n) is 5.62. The Balaban J connectivity index is 1.85. The van der Waals surface area contributed by atoms with Crippen LogP contribution in [-0.4, -0.2) is 37.9 Å². The van der Waals surface area contributed by atoms with Crippen molar-refractivity contribution in [3.63, 3.8) is 0 Å². The zero-order valence-electron chi connectivity index (χ0n) is 14.3. The first-order valence-corrected chi connectivity index (χ1v) is 7.86. The van der Waals surface area contributed by atoms with Crippen LogP contribution < -0.4 is 5.32 Å². The number of aromatic amines is 1. The maximum absolute atomic E-state index is 12.0. The van der Waals surface area contributed by atoms with Crippen molar-refractivity contribution in [1.82, 2.24) is 4.98 Å². The number of nitrogens with zero attached hydrogens (tertiary/aromatic N) is 3. The number of azo groups is 1. The van der Waals surface area contributed by atoms with Crippen LogP contribution >= 0.6 is 0 Å². The smallest absolute Gasteiger partial charge is 0.353 e. The number of aromatic nitrogens is 1. The molecule has 2 aromatic carbocycles. The van der Waals surface area contributed by atoms with Crippen LogP contribution in [0.25, 0.3) is 10.9 Å². The Labute approximate surface area is 160 Å². The maximum atomic E-state index is 12.0. The number of rotatable bonds is 4. The van der Waals surface area contributed by atoms with Gasteiger partial charge in [-0.2, -0.15) is 0 Å². The quantitative estimate of drug-likeness (QED) is 0.225. The number of nitro groups is 1. The molecule has 12 heteroatoms. The molecule has 0 saturated carbocycles. The van der Waals surface area contributed by atoms with Crippen molar-refractivity contribution >= 4 is 45.7 Å². The summed E-state index contributed by atoms with van der Waals surface area (Å²) >= 11 is 0. The summed E-state index contributed by atoms with van der Waals surface area (Å²) in [6.45, 7) is 0. The fourth-order valence-electron chi connectivity index (χ4n) is 2.46. The number of aromatic carboxylic acids is 1. The predicted octanol–water partition coefficient (Wildman–Crippen LogP) is 2.73. The first-order chi connectivity index (χ1) is 13.8. The topological polar surface area (TPSA) is 187 Å². The zero-order valence-corrected chi connectivity index (χ0v) is 14.3. The predicted molar refractivity (Wildman–Crippen MR) is 98.2 cm³/mol. The number of non-ortho nitro benzene ring substituents is 1. The van der Waals surface area contributed by atoms with Crippen molar-refractivity contribution in [3.8, 4) is 5.88 Å². The highest BCUT2D eigenvalue weighted by atomic mass is 16.6. The molecule has 0 bridgehead atoms. The Kier molecular flexibility index (Phi) is 4.99. The van der Waals surface area contributed by atoms with Gasteiger partial charge in [0.15, 0.2) is 5.69 Å². The molecule has 0 fully saturated rings. The molecule has 3 aromatic rings. The molecular formula is C17H11N5O7. The summed E-state index contributed by atoms with van der Waals surface area (Å²) in [5, 5.41) is 38.8. The lowest BCUT2D eigenvalue weighted by atomic mass is 10.2. The van der Waals surface area contributed by atoms with Crippen LogP contribution in [0, 0.1) is 10.1 Å². The highest BCUT2D eigenvalue weighted by Crippen LogP contribution is 2.37. The van der Waals surface area contributed by atoms with Crippen LogP contribution in [0.5, 0.6) is 5.88 Å². The summed E-state index contributed by atoms with van der Waals surface area (Å²) < 4.78 is 0. The van der Waals surface area contributed by atoms with E-state index in [4.69, 9.17) is 5.11 Å². The van der Waals surface area contributed by atoms with E-state index in [0.717, 1.165) is 6.07 Å². The average molecular weight is 397 g/mol. The van der Waals surface area contributed by atoms with Gasteiger partial charge in [0.2, 0.25) is 5.88 Å². The monoisotopic (exact) mass is 397 g/mol. The minimum Gasteiger partial charge on any atom is -0.493 e. The third kappa shape index (κ3) is 3.90. The number of aromatic hydroxyl groups is 1.